The molecule has 2 heterocycles. The first kappa shape index (κ1) is 8.41. The van der Waals surface area contributed by atoms with E-state index in [4.69, 9.17) is 4.74 Å². The van der Waals surface area contributed by atoms with E-state index in [-0.39, 0.29) is 0 Å². The quantitative estimate of drug-likeness (QED) is 0.609. The highest BCUT2D eigenvalue weighted by Gasteiger charge is 2.25. The average molecular weight is 186 g/mol. The first-order chi connectivity index (χ1) is 5.88. The van der Waals surface area contributed by atoms with Crippen molar-refractivity contribution in [2.24, 2.45) is 0 Å². The lowest BCUT2D eigenvalue weighted by Crippen LogP contribution is -2.44. The van der Waals surface area contributed by atoms with Crippen LogP contribution >= 0.6 is 11.8 Å². The number of hydrogen-bond acceptors (Lipinski definition) is 4. The molecule has 1 unspecified atom stereocenters. The van der Waals surface area contributed by atoms with Crippen molar-refractivity contribution < 1.29 is 4.74 Å². The van der Waals surface area contributed by atoms with Crippen molar-refractivity contribution in [2.45, 2.75) is 11.9 Å². The zero-order valence-electron chi connectivity index (χ0n) is 7.27. The normalized spacial score (nSPS) is 31.4. The van der Waals surface area contributed by atoms with Gasteiger partial charge < -0.3 is 9.64 Å². The van der Waals surface area contributed by atoms with E-state index in [1.54, 1.807) is 0 Å². The molecule has 0 aromatic heterocycles. The largest absolute Gasteiger partial charge is 0.366 e. The van der Waals surface area contributed by atoms with Crippen molar-refractivity contribution in [3.8, 4) is 0 Å². The van der Waals surface area contributed by atoms with Gasteiger partial charge in [0.15, 0.2) is 0 Å². The van der Waals surface area contributed by atoms with Crippen LogP contribution in [0.4, 0.5) is 0 Å². The van der Waals surface area contributed by atoms with E-state index >= 15 is 0 Å². The van der Waals surface area contributed by atoms with Crippen molar-refractivity contribution in [3.05, 3.63) is 11.6 Å². The molecule has 3 nitrogen and oxygen atoms in total. The molecule has 1 atom stereocenters. The lowest BCUT2D eigenvalue weighted by molar-refractivity contribution is -0.0377. The van der Waals surface area contributed by atoms with Gasteiger partial charge in [0, 0.05) is 26.4 Å². The van der Waals surface area contributed by atoms with Crippen LogP contribution in [0.3, 0.4) is 0 Å². The standard InChI is InChI=1S/C8H14N2OS/c1-9-4-6-12-8(9)10-3-2-5-11-7-10/h4,6,8H,2-3,5,7H2,1H3. The zero-order chi connectivity index (χ0) is 8.39. The molecule has 0 bridgehead atoms. The van der Waals surface area contributed by atoms with Gasteiger partial charge in [0.1, 0.15) is 12.2 Å². The average Bonchev–Trinajstić information content (AvgIpc) is 2.53. The number of ether oxygens (including phenoxy) is 1. The summed E-state index contributed by atoms with van der Waals surface area (Å²) in [5.41, 5.74) is 0.463. The number of thioether (sulfide) groups is 1. The molecule has 1 fully saturated rings. The highest BCUT2D eigenvalue weighted by Crippen LogP contribution is 2.27. The van der Waals surface area contributed by atoms with Crippen molar-refractivity contribution in [3.63, 3.8) is 0 Å². The van der Waals surface area contributed by atoms with E-state index in [0.717, 1.165) is 26.3 Å². The molecule has 1 saturated heterocycles. The second-order valence-corrected chi connectivity index (χ2v) is 4.08. The van der Waals surface area contributed by atoms with Crippen LogP contribution in [0.2, 0.25) is 0 Å². The number of hydrogen-bond donors (Lipinski definition) is 0. The van der Waals surface area contributed by atoms with Crippen molar-refractivity contribution >= 4 is 11.8 Å². The molecule has 0 aromatic carbocycles. The fraction of sp³-hybridized carbons (Fsp3) is 0.750. The van der Waals surface area contributed by atoms with Crippen LogP contribution in [0.25, 0.3) is 0 Å². The fourth-order valence-corrected chi connectivity index (χ4v) is 2.51. The molecule has 2 rings (SSSR count). The molecule has 4 heteroatoms. The highest BCUT2D eigenvalue weighted by atomic mass is 32.2. The molecule has 0 radical (unpaired) electrons. The molecular formula is C8H14N2OS. The van der Waals surface area contributed by atoms with Crippen LogP contribution in [0.15, 0.2) is 11.6 Å². The molecule has 0 aliphatic carbocycles. The molecule has 2 aliphatic rings. The molecule has 12 heavy (non-hydrogen) atoms. The van der Waals surface area contributed by atoms with E-state index in [9.17, 15) is 0 Å². The summed E-state index contributed by atoms with van der Waals surface area (Å²) in [4.78, 5) is 4.58. The molecule has 0 aromatic rings. The van der Waals surface area contributed by atoms with Crippen LogP contribution in [-0.2, 0) is 4.74 Å². The molecule has 68 valence electrons. The lowest BCUT2D eigenvalue weighted by Gasteiger charge is -2.35. The summed E-state index contributed by atoms with van der Waals surface area (Å²) in [7, 11) is 2.11. The van der Waals surface area contributed by atoms with E-state index < -0.39 is 0 Å². The maximum Gasteiger partial charge on any atom is 0.135 e. The highest BCUT2D eigenvalue weighted by molar-refractivity contribution is 8.02. The van der Waals surface area contributed by atoms with Crippen LogP contribution in [0.5, 0.6) is 0 Å². The molecule has 0 amide bonds. The number of rotatable bonds is 1. The smallest absolute Gasteiger partial charge is 0.135 e. The second kappa shape index (κ2) is 3.68. The summed E-state index contributed by atoms with van der Waals surface area (Å²) in [6.45, 7) is 2.86. The third-order valence-corrected chi connectivity index (χ3v) is 3.30. The SMILES string of the molecule is CN1C=CSC1N1CCCOC1. The first-order valence-electron chi connectivity index (χ1n) is 4.24. The lowest BCUT2D eigenvalue weighted by atomic mass is 10.4. The fourth-order valence-electron chi connectivity index (χ4n) is 1.50. The molecule has 0 N–H and O–H groups in total. The van der Waals surface area contributed by atoms with Crippen molar-refractivity contribution in [1.29, 1.82) is 0 Å². The zero-order valence-corrected chi connectivity index (χ0v) is 8.09. The molecular weight excluding hydrogens is 172 g/mol. The monoisotopic (exact) mass is 186 g/mol. The van der Waals surface area contributed by atoms with Gasteiger partial charge in [-0.2, -0.15) is 0 Å². The summed E-state index contributed by atoms with van der Waals surface area (Å²) in [5, 5.41) is 2.14. The predicted molar refractivity (Wildman–Crippen MR) is 50.4 cm³/mol. The van der Waals surface area contributed by atoms with E-state index in [2.05, 4.69) is 28.5 Å². The Balaban J connectivity index is 1.90. The van der Waals surface area contributed by atoms with Crippen molar-refractivity contribution in [1.82, 2.24) is 9.80 Å². The summed E-state index contributed by atoms with van der Waals surface area (Å²) >= 11 is 1.85. The van der Waals surface area contributed by atoms with Gasteiger partial charge in [0.2, 0.25) is 0 Å². The summed E-state index contributed by atoms with van der Waals surface area (Å²) in [5.74, 6) is 0. The summed E-state index contributed by atoms with van der Waals surface area (Å²) in [6.07, 6.45) is 3.27. The van der Waals surface area contributed by atoms with Gasteiger partial charge in [-0.05, 0) is 11.8 Å². The van der Waals surface area contributed by atoms with Gasteiger partial charge in [0.25, 0.3) is 0 Å². The van der Waals surface area contributed by atoms with E-state index in [1.165, 1.54) is 0 Å². The maximum absolute atomic E-state index is 5.40. The Morgan fingerprint density at radius 3 is 3.08 bits per heavy atom. The van der Waals surface area contributed by atoms with Crippen LogP contribution in [0, 0.1) is 0 Å². The van der Waals surface area contributed by atoms with Gasteiger partial charge in [-0.25, -0.2) is 0 Å². The van der Waals surface area contributed by atoms with Gasteiger partial charge >= 0.3 is 0 Å². The Hall–Kier alpha value is -0.190. The second-order valence-electron chi connectivity index (χ2n) is 3.12. The molecule has 0 spiro atoms. The summed E-state index contributed by atoms with van der Waals surface area (Å²) < 4.78 is 5.40. The van der Waals surface area contributed by atoms with E-state index in [0.29, 0.717) is 5.50 Å². The molecule has 0 saturated carbocycles. The predicted octanol–water partition coefficient (Wildman–Crippen LogP) is 1.10. The minimum Gasteiger partial charge on any atom is -0.366 e. The summed E-state index contributed by atoms with van der Waals surface area (Å²) in [6, 6.07) is 0. The Kier molecular flexibility index (Phi) is 2.58. The minimum absolute atomic E-state index is 0.463. The van der Waals surface area contributed by atoms with Gasteiger partial charge in [-0.3, -0.25) is 4.90 Å². The Bertz CT molecular complexity index is 180. The Morgan fingerprint density at radius 2 is 2.50 bits per heavy atom. The molecule has 2 aliphatic heterocycles. The van der Waals surface area contributed by atoms with Gasteiger partial charge in [-0.15, -0.1) is 0 Å². The van der Waals surface area contributed by atoms with Crippen LogP contribution < -0.4 is 0 Å². The first-order valence-corrected chi connectivity index (χ1v) is 5.18. The Labute approximate surface area is 77.3 Å². The minimum atomic E-state index is 0.463. The van der Waals surface area contributed by atoms with Gasteiger partial charge in [0.05, 0.1) is 0 Å². The third-order valence-electron chi connectivity index (χ3n) is 2.15. The van der Waals surface area contributed by atoms with Crippen LogP contribution in [-0.4, -0.2) is 42.2 Å². The maximum atomic E-state index is 5.40. The topological polar surface area (TPSA) is 15.7 Å². The van der Waals surface area contributed by atoms with E-state index in [1.807, 2.05) is 11.8 Å². The van der Waals surface area contributed by atoms with Gasteiger partial charge in [-0.1, -0.05) is 11.8 Å². The number of nitrogens with zero attached hydrogens (tertiary/aromatic N) is 2. The van der Waals surface area contributed by atoms with Crippen molar-refractivity contribution in [2.75, 3.05) is 26.9 Å². The Morgan fingerprint density at radius 1 is 1.58 bits per heavy atom. The van der Waals surface area contributed by atoms with Crippen LogP contribution in [0.1, 0.15) is 6.42 Å². The third kappa shape index (κ3) is 1.60.